The lowest BCUT2D eigenvalue weighted by molar-refractivity contribution is 0.317. The molecule has 0 fully saturated rings. The first-order valence-corrected chi connectivity index (χ1v) is 5.19. The SMILES string of the molecule is N/C(=N/O)c1cc2c(ccc3ccccc32)o1. The van der Waals surface area contributed by atoms with Crippen LogP contribution < -0.4 is 5.73 Å². The predicted octanol–water partition coefficient (Wildman–Crippen LogP) is 2.68. The molecule has 0 amide bonds. The van der Waals surface area contributed by atoms with E-state index in [1.54, 1.807) is 6.07 Å². The van der Waals surface area contributed by atoms with Gasteiger partial charge in [-0.2, -0.15) is 0 Å². The zero-order valence-corrected chi connectivity index (χ0v) is 8.92. The molecule has 2 aromatic carbocycles. The molecule has 0 aliphatic rings. The third-order valence-corrected chi connectivity index (χ3v) is 2.79. The summed E-state index contributed by atoms with van der Waals surface area (Å²) in [7, 11) is 0. The van der Waals surface area contributed by atoms with Crippen molar-refractivity contribution in [2.75, 3.05) is 0 Å². The summed E-state index contributed by atoms with van der Waals surface area (Å²) in [5.41, 5.74) is 6.24. The van der Waals surface area contributed by atoms with E-state index in [1.165, 1.54) is 0 Å². The number of nitrogens with zero attached hydrogens (tertiary/aromatic N) is 1. The highest BCUT2D eigenvalue weighted by Crippen LogP contribution is 2.27. The molecule has 3 rings (SSSR count). The van der Waals surface area contributed by atoms with Crippen LogP contribution in [0.1, 0.15) is 5.76 Å². The number of fused-ring (bicyclic) bond motifs is 3. The fourth-order valence-corrected chi connectivity index (χ4v) is 1.97. The molecule has 0 saturated carbocycles. The van der Waals surface area contributed by atoms with Crippen LogP contribution in [-0.2, 0) is 0 Å². The first kappa shape index (κ1) is 9.72. The van der Waals surface area contributed by atoms with Crippen molar-refractivity contribution in [2.24, 2.45) is 10.9 Å². The average Bonchev–Trinajstić information content (AvgIpc) is 2.82. The molecule has 4 nitrogen and oxygen atoms in total. The molecule has 0 bridgehead atoms. The molecule has 0 spiro atoms. The molecule has 84 valence electrons. The Morgan fingerprint density at radius 3 is 2.76 bits per heavy atom. The van der Waals surface area contributed by atoms with Crippen molar-refractivity contribution in [3.63, 3.8) is 0 Å². The molecule has 3 N–H and O–H groups in total. The van der Waals surface area contributed by atoms with Gasteiger partial charge in [-0.25, -0.2) is 0 Å². The fourth-order valence-electron chi connectivity index (χ4n) is 1.97. The van der Waals surface area contributed by atoms with Gasteiger partial charge >= 0.3 is 0 Å². The third kappa shape index (κ3) is 1.42. The van der Waals surface area contributed by atoms with Crippen molar-refractivity contribution in [1.82, 2.24) is 0 Å². The van der Waals surface area contributed by atoms with Crippen LogP contribution in [0.15, 0.2) is 52.0 Å². The summed E-state index contributed by atoms with van der Waals surface area (Å²) in [4.78, 5) is 0. The maximum absolute atomic E-state index is 8.63. The molecule has 0 aliphatic heterocycles. The zero-order chi connectivity index (χ0) is 11.8. The van der Waals surface area contributed by atoms with E-state index < -0.39 is 0 Å². The molecule has 0 unspecified atom stereocenters. The van der Waals surface area contributed by atoms with Gasteiger partial charge in [0.05, 0.1) is 0 Å². The molecule has 1 heterocycles. The van der Waals surface area contributed by atoms with Gasteiger partial charge < -0.3 is 15.4 Å². The number of rotatable bonds is 1. The number of oxime groups is 1. The predicted molar refractivity (Wildman–Crippen MR) is 66.2 cm³/mol. The summed E-state index contributed by atoms with van der Waals surface area (Å²) in [5.74, 6) is 0.351. The monoisotopic (exact) mass is 226 g/mol. The number of hydrogen-bond donors (Lipinski definition) is 2. The fraction of sp³-hybridized carbons (Fsp3) is 0. The van der Waals surface area contributed by atoms with Crippen molar-refractivity contribution in [1.29, 1.82) is 0 Å². The number of hydrogen-bond acceptors (Lipinski definition) is 3. The van der Waals surface area contributed by atoms with E-state index in [2.05, 4.69) is 5.16 Å². The normalized spacial score (nSPS) is 12.4. The highest BCUT2D eigenvalue weighted by atomic mass is 16.4. The molecule has 1 aromatic heterocycles. The maximum Gasteiger partial charge on any atom is 0.205 e. The second-order valence-corrected chi connectivity index (χ2v) is 3.79. The van der Waals surface area contributed by atoms with Crippen molar-refractivity contribution in [2.45, 2.75) is 0 Å². The first-order chi connectivity index (χ1) is 8.29. The summed E-state index contributed by atoms with van der Waals surface area (Å²) in [5, 5.41) is 14.7. The van der Waals surface area contributed by atoms with Gasteiger partial charge in [-0.05, 0) is 22.9 Å². The summed E-state index contributed by atoms with van der Waals surface area (Å²) in [6.45, 7) is 0. The molecule has 0 aliphatic carbocycles. The van der Waals surface area contributed by atoms with Gasteiger partial charge in [0.25, 0.3) is 0 Å². The van der Waals surface area contributed by atoms with Crippen LogP contribution in [0.25, 0.3) is 21.7 Å². The van der Waals surface area contributed by atoms with Crippen LogP contribution in [0.3, 0.4) is 0 Å². The molecule has 0 saturated heterocycles. The Morgan fingerprint density at radius 2 is 1.94 bits per heavy atom. The lowest BCUT2D eigenvalue weighted by Gasteiger charge is -1.96. The van der Waals surface area contributed by atoms with Crippen LogP contribution in [0.4, 0.5) is 0 Å². The smallest absolute Gasteiger partial charge is 0.205 e. The summed E-state index contributed by atoms with van der Waals surface area (Å²) < 4.78 is 5.51. The highest BCUT2D eigenvalue weighted by molar-refractivity contribution is 6.09. The van der Waals surface area contributed by atoms with Crippen LogP contribution >= 0.6 is 0 Å². The van der Waals surface area contributed by atoms with Gasteiger partial charge in [-0.1, -0.05) is 35.5 Å². The maximum atomic E-state index is 8.63. The van der Waals surface area contributed by atoms with E-state index in [1.807, 2.05) is 36.4 Å². The van der Waals surface area contributed by atoms with Crippen molar-refractivity contribution in [3.05, 3.63) is 48.2 Å². The van der Waals surface area contributed by atoms with Crippen LogP contribution in [-0.4, -0.2) is 11.0 Å². The Bertz CT molecular complexity index is 728. The summed E-state index contributed by atoms with van der Waals surface area (Å²) in [6.07, 6.45) is 0. The topological polar surface area (TPSA) is 71.8 Å². The summed E-state index contributed by atoms with van der Waals surface area (Å²) >= 11 is 0. The second kappa shape index (κ2) is 3.52. The zero-order valence-electron chi connectivity index (χ0n) is 8.92. The molecule has 4 heteroatoms. The van der Waals surface area contributed by atoms with E-state index in [0.717, 1.165) is 21.7 Å². The molecular weight excluding hydrogens is 216 g/mol. The lowest BCUT2D eigenvalue weighted by Crippen LogP contribution is -2.11. The molecule has 0 atom stereocenters. The largest absolute Gasteiger partial charge is 0.453 e. The number of nitrogens with two attached hydrogens (primary N) is 1. The van der Waals surface area contributed by atoms with E-state index in [-0.39, 0.29) is 5.84 Å². The third-order valence-electron chi connectivity index (χ3n) is 2.79. The van der Waals surface area contributed by atoms with Crippen LogP contribution in [0.2, 0.25) is 0 Å². The van der Waals surface area contributed by atoms with Crippen molar-refractivity contribution in [3.8, 4) is 0 Å². The van der Waals surface area contributed by atoms with Gasteiger partial charge in [-0.15, -0.1) is 0 Å². The Hall–Kier alpha value is -2.49. The average molecular weight is 226 g/mol. The van der Waals surface area contributed by atoms with E-state index >= 15 is 0 Å². The van der Waals surface area contributed by atoms with Gasteiger partial charge in [0.15, 0.2) is 5.76 Å². The van der Waals surface area contributed by atoms with Crippen molar-refractivity contribution >= 4 is 27.6 Å². The van der Waals surface area contributed by atoms with Crippen LogP contribution in [0.5, 0.6) is 0 Å². The van der Waals surface area contributed by atoms with Crippen LogP contribution in [0, 0.1) is 0 Å². The Labute approximate surface area is 96.9 Å². The number of benzene rings is 2. The van der Waals surface area contributed by atoms with Crippen molar-refractivity contribution < 1.29 is 9.62 Å². The standard InChI is InChI=1S/C13H10N2O2/c14-13(15-16)12-7-10-9-4-2-1-3-8(9)5-6-11(10)17-12/h1-7,16H,(H2,14,15). The minimum absolute atomic E-state index is 0.0229. The molecule has 17 heavy (non-hydrogen) atoms. The quantitative estimate of drug-likeness (QED) is 0.290. The molecular formula is C13H10N2O2. The highest BCUT2D eigenvalue weighted by Gasteiger charge is 2.09. The Kier molecular flexibility index (Phi) is 2.01. The first-order valence-electron chi connectivity index (χ1n) is 5.19. The Morgan fingerprint density at radius 1 is 1.12 bits per heavy atom. The van der Waals surface area contributed by atoms with Gasteiger partial charge in [-0.3, -0.25) is 0 Å². The van der Waals surface area contributed by atoms with E-state index in [9.17, 15) is 0 Å². The summed E-state index contributed by atoms with van der Waals surface area (Å²) in [6, 6.07) is 13.7. The minimum atomic E-state index is -0.0229. The number of furan rings is 1. The van der Waals surface area contributed by atoms with Gasteiger partial charge in [0.2, 0.25) is 5.84 Å². The van der Waals surface area contributed by atoms with Gasteiger partial charge in [0, 0.05) is 5.39 Å². The van der Waals surface area contributed by atoms with E-state index in [0.29, 0.717) is 5.76 Å². The Balaban J connectivity index is 2.39. The second-order valence-electron chi connectivity index (χ2n) is 3.79. The molecule has 0 radical (unpaired) electrons. The van der Waals surface area contributed by atoms with E-state index in [4.69, 9.17) is 15.4 Å². The van der Waals surface area contributed by atoms with Gasteiger partial charge in [0.1, 0.15) is 5.58 Å². The lowest BCUT2D eigenvalue weighted by atomic mass is 10.1. The number of amidine groups is 1. The minimum Gasteiger partial charge on any atom is -0.453 e. The molecule has 3 aromatic rings.